The molecule has 0 radical (unpaired) electrons. The second kappa shape index (κ2) is 7.20. The molecule has 0 atom stereocenters. The van der Waals surface area contributed by atoms with Gasteiger partial charge in [-0.05, 0) is 49.4 Å². The molecule has 4 rings (SSSR count). The number of piperidine rings is 1. The number of carbonyl (C=O) groups excluding carboxylic acids is 1. The number of amides is 2. The van der Waals surface area contributed by atoms with Gasteiger partial charge in [0.2, 0.25) is 0 Å². The first-order valence-corrected chi connectivity index (χ1v) is 9.22. The average molecular weight is 348 g/mol. The minimum Gasteiger partial charge on any atom is -0.330 e. The van der Waals surface area contributed by atoms with E-state index in [0.717, 1.165) is 49.2 Å². The zero-order chi connectivity index (χ0) is 17.9. The molecule has 2 aromatic carbocycles. The SMILES string of the molecule is Cc1ccccc1NC(=O)N1CCC(Cn2cnc3ccccc32)CC1. The third kappa shape index (κ3) is 3.43. The number of aryl methyl sites for hydroxylation is 1. The molecule has 1 aliphatic rings. The number of likely N-dealkylation sites (tertiary alicyclic amines) is 1. The summed E-state index contributed by atoms with van der Waals surface area (Å²) in [5.41, 5.74) is 4.21. The van der Waals surface area contributed by atoms with Crippen LogP contribution < -0.4 is 5.32 Å². The van der Waals surface area contributed by atoms with Crippen LogP contribution in [0.1, 0.15) is 18.4 Å². The number of aromatic nitrogens is 2. The summed E-state index contributed by atoms with van der Waals surface area (Å²) < 4.78 is 2.24. The van der Waals surface area contributed by atoms with Gasteiger partial charge >= 0.3 is 6.03 Å². The van der Waals surface area contributed by atoms with Gasteiger partial charge in [-0.25, -0.2) is 9.78 Å². The van der Waals surface area contributed by atoms with Gasteiger partial charge in [-0.2, -0.15) is 0 Å². The van der Waals surface area contributed by atoms with Gasteiger partial charge in [-0.3, -0.25) is 0 Å². The van der Waals surface area contributed by atoms with Gasteiger partial charge in [-0.1, -0.05) is 30.3 Å². The maximum absolute atomic E-state index is 12.5. The number of fused-ring (bicyclic) bond motifs is 1. The Bertz CT molecular complexity index is 909. The number of nitrogens with one attached hydrogen (secondary N) is 1. The minimum absolute atomic E-state index is 0.00540. The van der Waals surface area contributed by atoms with Gasteiger partial charge in [0.25, 0.3) is 0 Å². The molecule has 2 amide bonds. The van der Waals surface area contributed by atoms with Crippen LogP contribution in [0.25, 0.3) is 11.0 Å². The number of urea groups is 1. The molecular formula is C21H24N4O. The van der Waals surface area contributed by atoms with Gasteiger partial charge < -0.3 is 14.8 Å². The lowest BCUT2D eigenvalue weighted by Gasteiger charge is -2.32. The lowest BCUT2D eigenvalue weighted by atomic mass is 9.97. The number of hydrogen-bond acceptors (Lipinski definition) is 2. The highest BCUT2D eigenvalue weighted by Crippen LogP contribution is 2.23. The Morgan fingerprint density at radius 1 is 1.12 bits per heavy atom. The second-order valence-electron chi connectivity index (χ2n) is 7.06. The van der Waals surface area contributed by atoms with Crippen LogP contribution in [0.5, 0.6) is 0 Å². The van der Waals surface area contributed by atoms with E-state index in [-0.39, 0.29) is 6.03 Å². The van der Waals surface area contributed by atoms with Crippen molar-refractivity contribution in [1.82, 2.24) is 14.5 Å². The van der Waals surface area contributed by atoms with Crippen LogP contribution >= 0.6 is 0 Å². The van der Waals surface area contributed by atoms with E-state index in [4.69, 9.17) is 0 Å². The molecule has 1 aliphatic heterocycles. The number of benzene rings is 2. The number of carbonyl (C=O) groups is 1. The first-order valence-electron chi connectivity index (χ1n) is 9.22. The number of rotatable bonds is 3. The van der Waals surface area contributed by atoms with Crippen molar-refractivity contribution in [3.05, 3.63) is 60.4 Å². The average Bonchev–Trinajstić information content (AvgIpc) is 3.07. The van der Waals surface area contributed by atoms with Crippen LogP contribution in [0.3, 0.4) is 0 Å². The van der Waals surface area contributed by atoms with E-state index in [1.54, 1.807) is 0 Å². The van der Waals surface area contributed by atoms with Crippen molar-refractivity contribution in [3.8, 4) is 0 Å². The van der Waals surface area contributed by atoms with E-state index in [1.165, 1.54) is 5.52 Å². The van der Waals surface area contributed by atoms with E-state index in [9.17, 15) is 4.79 Å². The molecule has 2 heterocycles. The zero-order valence-corrected chi connectivity index (χ0v) is 15.1. The zero-order valence-electron chi connectivity index (χ0n) is 15.1. The molecule has 26 heavy (non-hydrogen) atoms. The summed E-state index contributed by atoms with van der Waals surface area (Å²) in [4.78, 5) is 18.9. The van der Waals surface area contributed by atoms with Gasteiger partial charge in [0, 0.05) is 25.3 Å². The largest absolute Gasteiger partial charge is 0.330 e. The Balaban J connectivity index is 1.34. The van der Waals surface area contributed by atoms with Gasteiger partial charge in [0.05, 0.1) is 17.4 Å². The summed E-state index contributed by atoms with van der Waals surface area (Å²) in [6, 6.07) is 16.1. The quantitative estimate of drug-likeness (QED) is 0.768. The fourth-order valence-corrected chi connectivity index (χ4v) is 3.66. The van der Waals surface area contributed by atoms with Crippen molar-refractivity contribution in [1.29, 1.82) is 0 Å². The summed E-state index contributed by atoms with van der Waals surface area (Å²) in [6.07, 6.45) is 3.98. The van der Waals surface area contributed by atoms with E-state index in [2.05, 4.69) is 27.0 Å². The maximum atomic E-state index is 12.5. The smallest absolute Gasteiger partial charge is 0.321 e. The third-order valence-electron chi connectivity index (χ3n) is 5.27. The number of hydrogen-bond donors (Lipinski definition) is 1. The second-order valence-corrected chi connectivity index (χ2v) is 7.06. The first-order chi connectivity index (χ1) is 12.7. The molecule has 1 fully saturated rings. The van der Waals surface area contributed by atoms with E-state index in [0.29, 0.717) is 5.92 Å². The molecule has 1 aromatic heterocycles. The Morgan fingerprint density at radius 2 is 1.85 bits per heavy atom. The van der Waals surface area contributed by atoms with Crippen molar-refractivity contribution < 1.29 is 4.79 Å². The molecule has 134 valence electrons. The molecule has 5 heteroatoms. The molecule has 1 N–H and O–H groups in total. The van der Waals surface area contributed by atoms with Gasteiger partial charge in [0.15, 0.2) is 0 Å². The third-order valence-corrected chi connectivity index (χ3v) is 5.27. The topological polar surface area (TPSA) is 50.2 Å². The number of anilines is 1. The lowest BCUT2D eigenvalue weighted by molar-refractivity contribution is 0.177. The molecule has 1 saturated heterocycles. The molecule has 0 unspecified atom stereocenters. The Hall–Kier alpha value is -2.82. The molecular weight excluding hydrogens is 324 g/mol. The molecule has 5 nitrogen and oxygen atoms in total. The van der Waals surface area contributed by atoms with Crippen LogP contribution in [0.15, 0.2) is 54.9 Å². The highest BCUT2D eigenvalue weighted by Gasteiger charge is 2.23. The normalized spacial score (nSPS) is 15.3. The Labute approximate surface area is 153 Å². The molecule has 0 bridgehead atoms. The number of imidazole rings is 1. The van der Waals surface area contributed by atoms with Gasteiger partial charge in [0.1, 0.15) is 0 Å². The maximum Gasteiger partial charge on any atom is 0.321 e. The number of para-hydroxylation sites is 3. The van der Waals surface area contributed by atoms with Crippen molar-refractivity contribution in [2.24, 2.45) is 5.92 Å². The van der Waals surface area contributed by atoms with Crippen LogP contribution in [0.2, 0.25) is 0 Å². The van der Waals surface area contributed by atoms with Crippen LogP contribution in [0, 0.1) is 12.8 Å². The van der Waals surface area contributed by atoms with Crippen molar-refractivity contribution in [3.63, 3.8) is 0 Å². The van der Waals surface area contributed by atoms with E-state index < -0.39 is 0 Å². The van der Waals surface area contributed by atoms with Crippen molar-refractivity contribution in [2.45, 2.75) is 26.3 Å². The van der Waals surface area contributed by atoms with Gasteiger partial charge in [-0.15, -0.1) is 0 Å². The molecule has 0 aliphatic carbocycles. The Morgan fingerprint density at radius 3 is 2.65 bits per heavy atom. The Kier molecular flexibility index (Phi) is 4.61. The molecule has 0 saturated carbocycles. The van der Waals surface area contributed by atoms with Crippen molar-refractivity contribution in [2.75, 3.05) is 18.4 Å². The number of nitrogens with zero attached hydrogens (tertiary/aromatic N) is 3. The predicted octanol–water partition coefficient (Wildman–Crippen LogP) is 4.29. The highest BCUT2D eigenvalue weighted by molar-refractivity contribution is 5.90. The molecule has 0 spiro atoms. The van der Waals surface area contributed by atoms with E-state index in [1.807, 2.05) is 54.5 Å². The van der Waals surface area contributed by atoms with Crippen LogP contribution in [0.4, 0.5) is 10.5 Å². The summed E-state index contributed by atoms with van der Waals surface area (Å²) in [7, 11) is 0. The fraction of sp³-hybridized carbons (Fsp3) is 0.333. The first kappa shape index (κ1) is 16.6. The highest BCUT2D eigenvalue weighted by atomic mass is 16.2. The summed E-state index contributed by atoms with van der Waals surface area (Å²) in [6.45, 7) is 4.58. The van der Waals surface area contributed by atoms with Crippen LogP contribution in [-0.2, 0) is 6.54 Å². The van der Waals surface area contributed by atoms with Crippen LogP contribution in [-0.4, -0.2) is 33.6 Å². The lowest BCUT2D eigenvalue weighted by Crippen LogP contribution is -2.41. The van der Waals surface area contributed by atoms with Crippen molar-refractivity contribution >= 4 is 22.8 Å². The summed E-state index contributed by atoms with van der Waals surface area (Å²) in [5.74, 6) is 0.579. The summed E-state index contributed by atoms with van der Waals surface area (Å²) in [5, 5.41) is 3.04. The fourth-order valence-electron chi connectivity index (χ4n) is 3.66. The monoisotopic (exact) mass is 348 g/mol. The molecule has 3 aromatic rings. The predicted molar refractivity (Wildman–Crippen MR) is 104 cm³/mol. The van der Waals surface area contributed by atoms with E-state index >= 15 is 0 Å². The standard InChI is InChI=1S/C21H24N4O/c1-16-6-2-3-7-18(16)23-21(26)24-12-10-17(11-13-24)14-25-15-22-19-8-4-5-9-20(19)25/h2-9,15,17H,10-14H2,1H3,(H,23,26). The minimum atomic E-state index is 0.00540. The summed E-state index contributed by atoms with van der Waals surface area (Å²) >= 11 is 0.